The molecule has 0 aliphatic heterocycles. The van der Waals surface area contributed by atoms with Crippen LogP contribution >= 0.6 is 0 Å². The van der Waals surface area contributed by atoms with Crippen molar-refractivity contribution in [2.75, 3.05) is 13.1 Å². The van der Waals surface area contributed by atoms with E-state index in [4.69, 9.17) is 10.5 Å². The highest BCUT2D eigenvalue weighted by molar-refractivity contribution is 5.80. The van der Waals surface area contributed by atoms with Crippen LogP contribution in [0.5, 0.6) is 0 Å². The first-order valence-electron chi connectivity index (χ1n) is 6.68. The van der Waals surface area contributed by atoms with Gasteiger partial charge < -0.3 is 15.8 Å². The quantitative estimate of drug-likeness (QED) is 0.766. The molecular weight excluding hydrogens is 216 g/mol. The average Bonchev–Trinajstić information content (AvgIpc) is 2.29. The van der Waals surface area contributed by atoms with E-state index in [2.05, 4.69) is 12.2 Å². The van der Waals surface area contributed by atoms with Crippen LogP contribution in [-0.2, 0) is 9.53 Å². The first-order valence-corrected chi connectivity index (χ1v) is 6.68. The lowest BCUT2D eigenvalue weighted by Crippen LogP contribution is -2.49. The van der Waals surface area contributed by atoms with Crippen LogP contribution in [-0.4, -0.2) is 30.7 Å². The van der Waals surface area contributed by atoms with Crippen molar-refractivity contribution in [2.24, 2.45) is 11.7 Å². The van der Waals surface area contributed by atoms with E-state index in [1.165, 1.54) is 6.42 Å². The summed E-state index contributed by atoms with van der Waals surface area (Å²) in [6, 6.07) is 0. The molecule has 0 aromatic rings. The topological polar surface area (TPSA) is 64.3 Å². The molecule has 1 fully saturated rings. The molecule has 0 saturated heterocycles. The molecule has 0 radical (unpaired) electrons. The van der Waals surface area contributed by atoms with Crippen LogP contribution in [0.4, 0.5) is 0 Å². The molecule has 0 aromatic carbocycles. The molecule has 3 unspecified atom stereocenters. The Morgan fingerprint density at radius 3 is 2.88 bits per heavy atom. The van der Waals surface area contributed by atoms with Crippen LogP contribution in [0.3, 0.4) is 0 Å². The number of carbonyl (C=O) groups excluding carboxylic acids is 1. The Hall–Kier alpha value is -0.610. The number of rotatable bonds is 5. The fourth-order valence-electron chi connectivity index (χ4n) is 2.70. The minimum atomic E-state index is -0.413. The van der Waals surface area contributed by atoms with Gasteiger partial charge in [0.2, 0.25) is 5.91 Å². The first-order chi connectivity index (χ1) is 8.03. The molecule has 1 saturated carbocycles. The minimum absolute atomic E-state index is 0.0430. The summed E-state index contributed by atoms with van der Waals surface area (Å²) in [5.41, 5.74) is 5.58. The van der Waals surface area contributed by atoms with Gasteiger partial charge in [-0.3, -0.25) is 4.79 Å². The van der Waals surface area contributed by atoms with Crippen LogP contribution in [0, 0.1) is 5.92 Å². The smallest absolute Gasteiger partial charge is 0.248 e. The van der Waals surface area contributed by atoms with Crippen LogP contribution in [0.25, 0.3) is 0 Å². The Morgan fingerprint density at radius 2 is 2.35 bits per heavy atom. The summed E-state index contributed by atoms with van der Waals surface area (Å²) < 4.78 is 5.98. The molecule has 3 N–H and O–H groups in total. The number of carbonyl (C=O) groups is 1. The monoisotopic (exact) mass is 242 g/mol. The van der Waals surface area contributed by atoms with Crippen molar-refractivity contribution in [1.82, 2.24) is 5.32 Å². The van der Waals surface area contributed by atoms with Crippen LogP contribution in [0.1, 0.15) is 46.5 Å². The van der Waals surface area contributed by atoms with Crippen molar-refractivity contribution in [3.63, 3.8) is 0 Å². The van der Waals surface area contributed by atoms with Crippen molar-refractivity contribution in [3.8, 4) is 0 Å². The molecule has 4 nitrogen and oxygen atoms in total. The van der Waals surface area contributed by atoms with Gasteiger partial charge in [-0.25, -0.2) is 0 Å². The van der Waals surface area contributed by atoms with Crippen LogP contribution in [0.2, 0.25) is 0 Å². The van der Waals surface area contributed by atoms with Crippen molar-refractivity contribution in [1.29, 1.82) is 0 Å². The number of hydrogen-bond acceptors (Lipinski definition) is 3. The van der Waals surface area contributed by atoms with Crippen molar-refractivity contribution < 1.29 is 9.53 Å². The highest BCUT2D eigenvalue weighted by atomic mass is 16.5. The van der Waals surface area contributed by atoms with Gasteiger partial charge in [-0.1, -0.05) is 19.8 Å². The Kier molecular flexibility index (Phi) is 5.40. The Bertz CT molecular complexity index is 258. The number of nitrogens with two attached hydrogens (primary N) is 1. The third-order valence-electron chi connectivity index (χ3n) is 3.57. The van der Waals surface area contributed by atoms with Gasteiger partial charge in [-0.2, -0.15) is 0 Å². The lowest BCUT2D eigenvalue weighted by atomic mass is 9.78. The second-order valence-corrected chi connectivity index (χ2v) is 5.24. The molecule has 0 heterocycles. The van der Waals surface area contributed by atoms with Crippen molar-refractivity contribution in [2.45, 2.75) is 58.2 Å². The molecule has 1 aliphatic carbocycles. The number of ether oxygens (including phenoxy) is 1. The normalized spacial score (nSPS) is 30.9. The molecule has 1 aliphatic rings. The summed E-state index contributed by atoms with van der Waals surface area (Å²) in [5, 5.41) is 2.78. The lowest BCUT2D eigenvalue weighted by Gasteiger charge is -2.40. The van der Waals surface area contributed by atoms with Gasteiger partial charge >= 0.3 is 0 Å². The Balaban J connectivity index is 2.58. The number of likely N-dealkylation sites (N-methyl/N-ethyl adjacent to an activating group) is 1. The van der Waals surface area contributed by atoms with Gasteiger partial charge in [0.15, 0.2) is 0 Å². The number of nitrogens with one attached hydrogen (secondary N) is 1. The van der Waals surface area contributed by atoms with Gasteiger partial charge in [0.25, 0.3) is 0 Å². The number of hydrogen-bond donors (Lipinski definition) is 2. The maximum Gasteiger partial charge on any atom is 0.248 e. The molecule has 0 aromatic heterocycles. The van der Waals surface area contributed by atoms with E-state index < -0.39 is 6.10 Å². The highest BCUT2D eigenvalue weighted by Gasteiger charge is 2.37. The summed E-state index contributed by atoms with van der Waals surface area (Å²) in [6.07, 6.45) is 3.90. The van der Waals surface area contributed by atoms with E-state index in [0.29, 0.717) is 19.0 Å². The largest absolute Gasteiger partial charge is 0.361 e. The molecule has 0 bridgehead atoms. The Labute approximate surface area is 104 Å². The van der Waals surface area contributed by atoms with E-state index >= 15 is 0 Å². The summed E-state index contributed by atoms with van der Waals surface area (Å²) in [4.78, 5) is 11.7. The summed E-state index contributed by atoms with van der Waals surface area (Å²) in [6.45, 7) is 7.08. The van der Waals surface area contributed by atoms with E-state index in [1.807, 2.05) is 13.8 Å². The Morgan fingerprint density at radius 1 is 1.65 bits per heavy atom. The fraction of sp³-hybridized carbons (Fsp3) is 0.923. The highest BCUT2D eigenvalue weighted by Crippen LogP contribution is 2.35. The minimum Gasteiger partial charge on any atom is -0.361 e. The molecule has 100 valence electrons. The second kappa shape index (κ2) is 6.36. The zero-order valence-corrected chi connectivity index (χ0v) is 11.3. The predicted molar refractivity (Wildman–Crippen MR) is 68.6 cm³/mol. The summed E-state index contributed by atoms with van der Waals surface area (Å²) in [5.74, 6) is 0.590. The average molecular weight is 242 g/mol. The fourth-order valence-corrected chi connectivity index (χ4v) is 2.70. The molecule has 4 heteroatoms. The third-order valence-corrected chi connectivity index (χ3v) is 3.57. The van der Waals surface area contributed by atoms with E-state index in [9.17, 15) is 4.79 Å². The van der Waals surface area contributed by atoms with Crippen LogP contribution in [0.15, 0.2) is 0 Å². The number of amides is 1. The molecule has 0 spiro atoms. The molecular formula is C13H26N2O2. The molecule has 3 atom stereocenters. The zero-order chi connectivity index (χ0) is 12.9. The standard InChI is InChI=1S/C13H26N2O2/c1-4-15-12(16)11(3)17-13(9-14)7-5-6-10(2)8-13/h10-11H,4-9,14H2,1-3H3,(H,15,16). The van der Waals surface area contributed by atoms with Crippen molar-refractivity contribution >= 4 is 5.91 Å². The van der Waals surface area contributed by atoms with E-state index in [-0.39, 0.29) is 11.5 Å². The SMILES string of the molecule is CCNC(=O)C(C)OC1(CN)CCCC(C)C1. The van der Waals surface area contributed by atoms with Crippen LogP contribution < -0.4 is 11.1 Å². The molecule has 1 amide bonds. The third kappa shape index (κ3) is 3.96. The summed E-state index contributed by atoms with van der Waals surface area (Å²) >= 11 is 0. The molecule has 17 heavy (non-hydrogen) atoms. The van der Waals surface area contributed by atoms with Gasteiger partial charge in [-0.05, 0) is 32.6 Å². The van der Waals surface area contributed by atoms with Gasteiger partial charge in [0.05, 0.1) is 5.60 Å². The predicted octanol–water partition coefficient (Wildman–Crippen LogP) is 1.44. The second-order valence-electron chi connectivity index (χ2n) is 5.24. The first kappa shape index (κ1) is 14.5. The van der Waals surface area contributed by atoms with Gasteiger partial charge in [-0.15, -0.1) is 0 Å². The lowest BCUT2D eigenvalue weighted by molar-refractivity contribution is -0.151. The van der Waals surface area contributed by atoms with Gasteiger partial charge in [0, 0.05) is 13.1 Å². The summed E-state index contributed by atoms with van der Waals surface area (Å²) in [7, 11) is 0. The van der Waals surface area contributed by atoms with Gasteiger partial charge in [0.1, 0.15) is 6.10 Å². The maximum absolute atomic E-state index is 11.7. The molecule has 1 rings (SSSR count). The van der Waals surface area contributed by atoms with Crippen molar-refractivity contribution in [3.05, 3.63) is 0 Å². The van der Waals surface area contributed by atoms with E-state index in [0.717, 1.165) is 19.3 Å². The van der Waals surface area contributed by atoms with E-state index in [1.54, 1.807) is 0 Å². The maximum atomic E-state index is 11.7. The zero-order valence-electron chi connectivity index (χ0n) is 11.3.